The summed E-state index contributed by atoms with van der Waals surface area (Å²) in [5.41, 5.74) is 0. The molecule has 1 saturated heterocycles. The summed E-state index contributed by atoms with van der Waals surface area (Å²) in [4.78, 5) is 14.8. The van der Waals surface area contributed by atoms with Gasteiger partial charge in [0.1, 0.15) is 0 Å². The number of aromatic nitrogens is 3. The van der Waals surface area contributed by atoms with Crippen LogP contribution in [0.4, 0.5) is 11.9 Å². The van der Waals surface area contributed by atoms with Gasteiger partial charge in [-0.25, -0.2) is 0 Å². The van der Waals surface area contributed by atoms with Crippen molar-refractivity contribution in [2.24, 2.45) is 0 Å². The predicted molar refractivity (Wildman–Crippen MR) is 69.7 cm³/mol. The molecule has 1 N–H and O–H groups in total. The fourth-order valence-corrected chi connectivity index (χ4v) is 2.05. The molecule has 0 aliphatic carbocycles. The smallest absolute Gasteiger partial charge is 0.231 e. The summed E-state index contributed by atoms with van der Waals surface area (Å²) in [6.45, 7) is 6.08. The van der Waals surface area contributed by atoms with E-state index in [1.54, 1.807) is 0 Å². The van der Waals surface area contributed by atoms with Crippen LogP contribution in [-0.2, 0) is 0 Å². The van der Waals surface area contributed by atoms with Crippen LogP contribution in [0.5, 0.6) is 0 Å². The molecule has 2 rings (SSSR count). The Morgan fingerprint density at radius 2 is 1.82 bits per heavy atom. The fraction of sp³-hybridized carbons (Fsp3) is 0.727. The van der Waals surface area contributed by atoms with Gasteiger partial charge in [0.25, 0.3) is 0 Å². The van der Waals surface area contributed by atoms with E-state index < -0.39 is 0 Å². The highest BCUT2D eigenvalue weighted by atomic mass is 35.5. The van der Waals surface area contributed by atoms with E-state index in [-0.39, 0.29) is 11.3 Å². The van der Waals surface area contributed by atoms with Crippen molar-refractivity contribution in [2.75, 3.05) is 23.3 Å². The minimum Gasteiger partial charge on any atom is -0.352 e. The summed E-state index contributed by atoms with van der Waals surface area (Å²) < 4.78 is 0. The Hall–Kier alpha value is -1.10. The molecule has 1 aromatic rings. The summed E-state index contributed by atoms with van der Waals surface area (Å²) >= 11 is 5.92. The van der Waals surface area contributed by atoms with E-state index in [2.05, 4.69) is 25.2 Å². The number of piperidine rings is 1. The van der Waals surface area contributed by atoms with Crippen molar-refractivity contribution in [1.82, 2.24) is 15.0 Å². The summed E-state index contributed by atoms with van der Waals surface area (Å²) in [7, 11) is 0. The Labute approximate surface area is 107 Å². The van der Waals surface area contributed by atoms with Gasteiger partial charge in [-0.3, -0.25) is 0 Å². The molecule has 5 nitrogen and oxygen atoms in total. The first-order valence-corrected chi connectivity index (χ1v) is 6.46. The molecule has 0 atom stereocenters. The first kappa shape index (κ1) is 12.4. The maximum atomic E-state index is 5.92. The Balaban J connectivity index is 2.18. The number of rotatable bonds is 3. The van der Waals surface area contributed by atoms with Crippen molar-refractivity contribution >= 4 is 23.5 Å². The summed E-state index contributed by atoms with van der Waals surface area (Å²) in [6, 6.07) is 0.280. The molecule has 0 unspecified atom stereocenters. The second-order valence-electron chi connectivity index (χ2n) is 4.57. The quantitative estimate of drug-likeness (QED) is 0.899. The van der Waals surface area contributed by atoms with Gasteiger partial charge in [-0.05, 0) is 44.7 Å². The van der Waals surface area contributed by atoms with Crippen LogP contribution >= 0.6 is 11.6 Å². The zero-order valence-corrected chi connectivity index (χ0v) is 11.0. The molecule has 1 fully saturated rings. The third-order valence-electron chi connectivity index (χ3n) is 2.65. The first-order chi connectivity index (χ1) is 8.15. The minimum atomic E-state index is 0.253. The Morgan fingerprint density at radius 1 is 1.12 bits per heavy atom. The normalized spacial score (nSPS) is 16.4. The van der Waals surface area contributed by atoms with Crippen LogP contribution in [0.25, 0.3) is 0 Å². The highest BCUT2D eigenvalue weighted by Gasteiger charge is 2.15. The van der Waals surface area contributed by atoms with Crippen LogP contribution in [0.15, 0.2) is 0 Å². The van der Waals surface area contributed by atoms with E-state index in [4.69, 9.17) is 11.6 Å². The monoisotopic (exact) mass is 255 g/mol. The van der Waals surface area contributed by atoms with Crippen molar-refractivity contribution in [3.63, 3.8) is 0 Å². The van der Waals surface area contributed by atoms with Gasteiger partial charge in [-0.1, -0.05) is 0 Å². The SMILES string of the molecule is CC(C)Nc1nc(Cl)nc(N2CCCCC2)n1. The van der Waals surface area contributed by atoms with Crippen molar-refractivity contribution < 1.29 is 0 Å². The van der Waals surface area contributed by atoms with Crippen LogP contribution in [0.1, 0.15) is 33.1 Å². The number of hydrogen-bond acceptors (Lipinski definition) is 5. The van der Waals surface area contributed by atoms with Gasteiger partial charge in [0.2, 0.25) is 17.2 Å². The zero-order chi connectivity index (χ0) is 12.3. The molecule has 0 spiro atoms. The Bertz CT molecular complexity index is 376. The van der Waals surface area contributed by atoms with E-state index >= 15 is 0 Å². The van der Waals surface area contributed by atoms with E-state index in [0.29, 0.717) is 11.9 Å². The third-order valence-corrected chi connectivity index (χ3v) is 2.82. The average Bonchev–Trinajstić information content (AvgIpc) is 2.28. The highest BCUT2D eigenvalue weighted by Crippen LogP contribution is 2.18. The van der Waals surface area contributed by atoms with Gasteiger partial charge in [-0.15, -0.1) is 0 Å². The first-order valence-electron chi connectivity index (χ1n) is 6.08. The molecule has 1 aliphatic rings. The molecule has 0 bridgehead atoms. The van der Waals surface area contributed by atoms with E-state index in [9.17, 15) is 0 Å². The van der Waals surface area contributed by atoms with Gasteiger partial charge < -0.3 is 10.2 Å². The topological polar surface area (TPSA) is 53.9 Å². The lowest BCUT2D eigenvalue weighted by Crippen LogP contribution is -2.31. The van der Waals surface area contributed by atoms with Gasteiger partial charge in [0, 0.05) is 19.1 Å². The van der Waals surface area contributed by atoms with Gasteiger partial charge in [-0.2, -0.15) is 15.0 Å². The molecule has 17 heavy (non-hydrogen) atoms. The summed E-state index contributed by atoms with van der Waals surface area (Å²) in [6.07, 6.45) is 3.67. The van der Waals surface area contributed by atoms with Crippen molar-refractivity contribution in [1.29, 1.82) is 0 Å². The molecule has 1 aromatic heterocycles. The number of halogens is 1. The van der Waals surface area contributed by atoms with Crippen LogP contribution in [-0.4, -0.2) is 34.1 Å². The van der Waals surface area contributed by atoms with Crippen LogP contribution < -0.4 is 10.2 Å². The third kappa shape index (κ3) is 3.43. The summed E-state index contributed by atoms with van der Waals surface area (Å²) in [5, 5.41) is 3.41. The van der Waals surface area contributed by atoms with Gasteiger partial charge >= 0.3 is 0 Å². The highest BCUT2D eigenvalue weighted by molar-refractivity contribution is 6.28. The molecule has 94 valence electrons. The molecule has 1 aliphatic heterocycles. The fourth-order valence-electron chi connectivity index (χ4n) is 1.90. The predicted octanol–water partition coefficient (Wildman–Crippen LogP) is 2.34. The standard InChI is InChI=1S/C11H18ClN5/c1-8(2)13-10-14-9(12)15-11(16-10)17-6-4-3-5-7-17/h8H,3-7H2,1-2H3,(H,13,14,15,16). The molecule has 6 heteroatoms. The van der Waals surface area contributed by atoms with Gasteiger partial charge in [0.15, 0.2) is 0 Å². The van der Waals surface area contributed by atoms with Crippen LogP contribution in [0.2, 0.25) is 5.28 Å². The molecule has 0 aromatic carbocycles. The van der Waals surface area contributed by atoms with E-state index in [1.165, 1.54) is 19.3 Å². The molecule has 0 saturated carbocycles. The lowest BCUT2D eigenvalue weighted by Gasteiger charge is -2.26. The number of anilines is 2. The maximum absolute atomic E-state index is 5.92. The largest absolute Gasteiger partial charge is 0.352 e. The molecular weight excluding hydrogens is 238 g/mol. The molecule has 0 amide bonds. The Morgan fingerprint density at radius 3 is 2.47 bits per heavy atom. The Kier molecular flexibility index (Phi) is 3.99. The number of nitrogens with zero attached hydrogens (tertiary/aromatic N) is 4. The number of hydrogen-bond donors (Lipinski definition) is 1. The second kappa shape index (κ2) is 5.49. The van der Waals surface area contributed by atoms with Crippen molar-refractivity contribution in [3.8, 4) is 0 Å². The lowest BCUT2D eigenvalue weighted by atomic mass is 10.1. The zero-order valence-electron chi connectivity index (χ0n) is 10.3. The van der Waals surface area contributed by atoms with Crippen molar-refractivity contribution in [3.05, 3.63) is 5.28 Å². The van der Waals surface area contributed by atoms with E-state index in [0.717, 1.165) is 13.1 Å². The van der Waals surface area contributed by atoms with Crippen LogP contribution in [0.3, 0.4) is 0 Å². The lowest BCUT2D eigenvalue weighted by molar-refractivity contribution is 0.567. The van der Waals surface area contributed by atoms with Crippen molar-refractivity contribution in [2.45, 2.75) is 39.2 Å². The maximum Gasteiger partial charge on any atom is 0.231 e. The van der Waals surface area contributed by atoms with E-state index in [1.807, 2.05) is 13.8 Å². The molecular formula is C11H18ClN5. The van der Waals surface area contributed by atoms with Gasteiger partial charge in [0.05, 0.1) is 0 Å². The second-order valence-corrected chi connectivity index (χ2v) is 4.91. The molecule has 2 heterocycles. The summed E-state index contributed by atoms with van der Waals surface area (Å²) in [5.74, 6) is 1.24. The molecule has 0 radical (unpaired) electrons. The van der Waals surface area contributed by atoms with Crippen LogP contribution in [0, 0.1) is 0 Å². The number of nitrogens with one attached hydrogen (secondary N) is 1. The average molecular weight is 256 g/mol. The minimum absolute atomic E-state index is 0.253.